The van der Waals surface area contributed by atoms with Gasteiger partial charge < -0.3 is 5.11 Å². The lowest BCUT2D eigenvalue weighted by molar-refractivity contribution is -0.131. The molecule has 1 fully saturated rings. The molecule has 0 radical (unpaired) electrons. The molecule has 1 atom stereocenters. The molecule has 1 rings (SSSR count). The molecule has 0 aliphatic heterocycles. The van der Waals surface area contributed by atoms with Gasteiger partial charge in [0.05, 0.1) is 0 Å². The van der Waals surface area contributed by atoms with Gasteiger partial charge in [0, 0.05) is 6.08 Å². The Balaban J connectivity index is 2.64. The predicted octanol–water partition coefficient (Wildman–Crippen LogP) is 2.60. The van der Waals surface area contributed by atoms with Crippen molar-refractivity contribution < 1.29 is 9.90 Å². The van der Waals surface area contributed by atoms with E-state index in [1.807, 2.05) is 0 Å². The van der Waals surface area contributed by atoms with E-state index in [1.165, 1.54) is 18.9 Å². The van der Waals surface area contributed by atoms with Gasteiger partial charge in [0.1, 0.15) is 0 Å². The van der Waals surface area contributed by atoms with Crippen molar-refractivity contribution >= 4 is 5.97 Å². The predicted molar refractivity (Wildman–Crippen MR) is 48.0 cm³/mol. The van der Waals surface area contributed by atoms with E-state index >= 15 is 0 Å². The first kappa shape index (κ1) is 9.30. The standard InChI is InChI=1S/C10H16O2/c1-2-8-5-3-4-6-9(8)7-10(11)12/h7-8H,2-6H2,1H3,(H,11,12)/b9-7-. The zero-order valence-electron chi connectivity index (χ0n) is 7.55. The Morgan fingerprint density at radius 1 is 1.67 bits per heavy atom. The molecule has 1 N–H and O–H groups in total. The molecule has 0 aromatic carbocycles. The van der Waals surface area contributed by atoms with E-state index in [9.17, 15) is 4.79 Å². The van der Waals surface area contributed by atoms with E-state index in [4.69, 9.17) is 5.11 Å². The van der Waals surface area contributed by atoms with Crippen LogP contribution in [0, 0.1) is 5.92 Å². The molecule has 0 saturated heterocycles. The van der Waals surface area contributed by atoms with Gasteiger partial charge in [-0.1, -0.05) is 18.9 Å². The smallest absolute Gasteiger partial charge is 0.328 e. The maximum atomic E-state index is 10.5. The normalized spacial score (nSPS) is 27.4. The fourth-order valence-corrected chi connectivity index (χ4v) is 1.92. The van der Waals surface area contributed by atoms with Gasteiger partial charge in [0.25, 0.3) is 0 Å². The van der Waals surface area contributed by atoms with E-state index in [0.717, 1.165) is 24.8 Å². The molecule has 0 spiro atoms. The molecular weight excluding hydrogens is 152 g/mol. The van der Waals surface area contributed by atoms with E-state index in [-0.39, 0.29) is 0 Å². The van der Waals surface area contributed by atoms with Crippen LogP contribution in [-0.4, -0.2) is 11.1 Å². The highest BCUT2D eigenvalue weighted by atomic mass is 16.4. The van der Waals surface area contributed by atoms with E-state index < -0.39 is 5.97 Å². The van der Waals surface area contributed by atoms with Crippen molar-refractivity contribution in [3.8, 4) is 0 Å². The molecule has 1 unspecified atom stereocenters. The number of carbonyl (C=O) groups is 1. The molecule has 1 saturated carbocycles. The lowest BCUT2D eigenvalue weighted by atomic mass is 9.82. The van der Waals surface area contributed by atoms with Crippen LogP contribution in [0.15, 0.2) is 11.6 Å². The van der Waals surface area contributed by atoms with Crippen LogP contribution in [-0.2, 0) is 4.79 Å². The number of carboxylic acids is 1. The van der Waals surface area contributed by atoms with Crippen LogP contribution in [0.1, 0.15) is 39.0 Å². The maximum absolute atomic E-state index is 10.5. The summed E-state index contributed by atoms with van der Waals surface area (Å²) in [5.74, 6) is -0.250. The minimum atomic E-state index is -0.787. The molecule has 0 heterocycles. The second-order valence-electron chi connectivity index (χ2n) is 3.41. The van der Waals surface area contributed by atoms with Gasteiger partial charge in [0.15, 0.2) is 0 Å². The summed E-state index contributed by atoms with van der Waals surface area (Å²) < 4.78 is 0. The van der Waals surface area contributed by atoms with Gasteiger partial charge in [-0.25, -0.2) is 4.79 Å². The minimum absolute atomic E-state index is 0.537. The van der Waals surface area contributed by atoms with Gasteiger partial charge in [-0.05, 0) is 31.6 Å². The van der Waals surface area contributed by atoms with Crippen molar-refractivity contribution in [2.24, 2.45) is 5.92 Å². The van der Waals surface area contributed by atoms with Crippen LogP contribution in [0.4, 0.5) is 0 Å². The number of hydrogen-bond acceptors (Lipinski definition) is 1. The third kappa shape index (κ3) is 2.36. The highest BCUT2D eigenvalue weighted by Crippen LogP contribution is 2.31. The van der Waals surface area contributed by atoms with Crippen LogP contribution >= 0.6 is 0 Å². The second kappa shape index (κ2) is 4.29. The molecule has 2 heteroatoms. The van der Waals surface area contributed by atoms with Crippen molar-refractivity contribution in [2.75, 3.05) is 0 Å². The van der Waals surface area contributed by atoms with Gasteiger partial charge in [-0.15, -0.1) is 0 Å². The van der Waals surface area contributed by atoms with E-state index in [1.54, 1.807) is 0 Å². The monoisotopic (exact) mass is 168 g/mol. The van der Waals surface area contributed by atoms with Crippen LogP contribution < -0.4 is 0 Å². The van der Waals surface area contributed by atoms with Gasteiger partial charge >= 0.3 is 5.97 Å². The van der Waals surface area contributed by atoms with Crippen LogP contribution in [0.5, 0.6) is 0 Å². The zero-order chi connectivity index (χ0) is 8.97. The van der Waals surface area contributed by atoms with Crippen LogP contribution in [0.3, 0.4) is 0 Å². The quantitative estimate of drug-likeness (QED) is 0.643. The first-order chi connectivity index (χ1) is 5.74. The molecule has 1 aliphatic carbocycles. The fraction of sp³-hybridized carbons (Fsp3) is 0.700. The molecule has 0 aromatic heterocycles. The average Bonchev–Trinajstić information content (AvgIpc) is 2.04. The molecule has 68 valence electrons. The molecule has 1 aliphatic rings. The lowest BCUT2D eigenvalue weighted by Gasteiger charge is -2.23. The van der Waals surface area contributed by atoms with Crippen LogP contribution in [0.2, 0.25) is 0 Å². The summed E-state index contributed by atoms with van der Waals surface area (Å²) in [5.41, 5.74) is 1.15. The van der Waals surface area contributed by atoms with Gasteiger partial charge in [-0.2, -0.15) is 0 Å². The molecule has 0 amide bonds. The van der Waals surface area contributed by atoms with E-state index in [2.05, 4.69) is 6.92 Å². The minimum Gasteiger partial charge on any atom is -0.478 e. The van der Waals surface area contributed by atoms with Crippen LogP contribution in [0.25, 0.3) is 0 Å². The molecule has 0 aromatic rings. The highest BCUT2D eigenvalue weighted by Gasteiger charge is 2.17. The number of rotatable bonds is 2. The van der Waals surface area contributed by atoms with Crippen molar-refractivity contribution in [3.05, 3.63) is 11.6 Å². The lowest BCUT2D eigenvalue weighted by Crippen LogP contribution is -2.10. The van der Waals surface area contributed by atoms with Gasteiger partial charge in [0.2, 0.25) is 0 Å². The van der Waals surface area contributed by atoms with Gasteiger partial charge in [-0.3, -0.25) is 0 Å². The zero-order valence-corrected chi connectivity index (χ0v) is 7.55. The van der Waals surface area contributed by atoms with Crippen molar-refractivity contribution in [3.63, 3.8) is 0 Å². The highest BCUT2D eigenvalue weighted by molar-refractivity contribution is 5.80. The maximum Gasteiger partial charge on any atom is 0.328 e. The summed E-state index contributed by atoms with van der Waals surface area (Å²) in [6.45, 7) is 2.13. The summed E-state index contributed by atoms with van der Waals surface area (Å²) in [4.78, 5) is 10.5. The summed E-state index contributed by atoms with van der Waals surface area (Å²) in [7, 11) is 0. The molecule has 2 nitrogen and oxygen atoms in total. The molecular formula is C10H16O2. The van der Waals surface area contributed by atoms with E-state index in [0.29, 0.717) is 5.92 Å². The molecule has 12 heavy (non-hydrogen) atoms. The summed E-state index contributed by atoms with van der Waals surface area (Å²) >= 11 is 0. The summed E-state index contributed by atoms with van der Waals surface area (Å²) in [6.07, 6.45) is 7.08. The Kier molecular flexibility index (Phi) is 3.32. The Morgan fingerprint density at radius 2 is 2.42 bits per heavy atom. The Bertz CT molecular complexity index is 194. The number of aliphatic carboxylic acids is 1. The topological polar surface area (TPSA) is 37.3 Å². The number of allylic oxidation sites excluding steroid dienone is 1. The third-order valence-corrected chi connectivity index (χ3v) is 2.59. The first-order valence-corrected chi connectivity index (χ1v) is 4.67. The largest absolute Gasteiger partial charge is 0.478 e. The Morgan fingerprint density at radius 3 is 3.00 bits per heavy atom. The Hall–Kier alpha value is -0.790. The summed E-state index contributed by atoms with van der Waals surface area (Å²) in [5, 5.41) is 8.60. The van der Waals surface area contributed by atoms with Crippen molar-refractivity contribution in [2.45, 2.75) is 39.0 Å². The molecule has 0 bridgehead atoms. The third-order valence-electron chi connectivity index (χ3n) is 2.59. The Labute approximate surface area is 73.3 Å². The summed E-state index contributed by atoms with van der Waals surface area (Å²) in [6, 6.07) is 0. The fourth-order valence-electron chi connectivity index (χ4n) is 1.92. The van der Waals surface area contributed by atoms with Crippen molar-refractivity contribution in [1.82, 2.24) is 0 Å². The SMILES string of the molecule is CCC1CCCC/C1=C/C(=O)O. The first-order valence-electron chi connectivity index (χ1n) is 4.67. The number of hydrogen-bond donors (Lipinski definition) is 1. The van der Waals surface area contributed by atoms with Crippen molar-refractivity contribution in [1.29, 1.82) is 0 Å². The second-order valence-corrected chi connectivity index (χ2v) is 3.41. The number of carboxylic acid groups (broad SMARTS) is 1. The average molecular weight is 168 g/mol.